The van der Waals surface area contributed by atoms with E-state index >= 15 is 0 Å². The molecule has 1 N–H and O–H groups in total. The minimum absolute atomic E-state index is 0.0351. The largest absolute Gasteiger partial charge is 0.348 e. The highest BCUT2D eigenvalue weighted by molar-refractivity contribution is 6.15. The van der Waals surface area contributed by atoms with Crippen LogP contribution in [0.3, 0.4) is 0 Å². The molecule has 31 heavy (non-hydrogen) atoms. The lowest BCUT2D eigenvalue weighted by molar-refractivity contribution is -0.121. The van der Waals surface area contributed by atoms with E-state index in [1.54, 1.807) is 6.20 Å². The number of likely N-dealkylation sites (N-methyl/N-ethyl adjacent to an activating group) is 1. The molecule has 0 saturated heterocycles. The quantitative estimate of drug-likeness (QED) is 0.646. The molecule has 0 spiro atoms. The second-order valence-corrected chi connectivity index (χ2v) is 8.15. The van der Waals surface area contributed by atoms with Gasteiger partial charge in [0.25, 0.3) is 0 Å². The first-order valence-corrected chi connectivity index (χ1v) is 10.4. The zero-order chi connectivity index (χ0) is 21.8. The summed E-state index contributed by atoms with van der Waals surface area (Å²) in [5, 5.41) is 3.17. The predicted octanol–water partition coefficient (Wildman–Crippen LogP) is 3.10. The minimum Gasteiger partial charge on any atom is -0.348 e. The molecule has 6 heteroatoms. The number of fused-ring (bicyclic) bond motifs is 1. The van der Waals surface area contributed by atoms with E-state index in [-0.39, 0.29) is 18.4 Å². The average molecular weight is 414 g/mol. The lowest BCUT2D eigenvalue weighted by Crippen LogP contribution is -2.36. The van der Waals surface area contributed by atoms with Crippen molar-refractivity contribution in [2.75, 3.05) is 20.6 Å². The number of pyridine rings is 2. The van der Waals surface area contributed by atoms with Crippen molar-refractivity contribution in [2.45, 2.75) is 25.9 Å². The van der Waals surface area contributed by atoms with Gasteiger partial charge in [0.2, 0.25) is 5.91 Å². The summed E-state index contributed by atoms with van der Waals surface area (Å²) in [5.41, 5.74) is 6.94. The van der Waals surface area contributed by atoms with Crippen LogP contribution in [0.2, 0.25) is 0 Å². The number of rotatable bonds is 7. The summed E-state index contributed by atoms with van der Waals surface area (Å²) in [6.45, 7) is 3.31. The summed E-state index contributed by atoms with van der Waals surface area (Å²) in [4.78, 5) is 28.4. The number of nitrogens with zero attached hydrogens (tertiary/aromatic N) is 4. The molecule has 0 bridgehead atoms. The van der Waals surface area contributed by atoms with Gasteiger partial charge in [-0.3, -0.25) is 19.8 Å². The van der Waals surface area contributed by atoms with Gasteiger partial charge in [-0.05, 0) is 50.3 Å². The molecule has 1 aromatic carbocycles. The average Bonchev–Trinajstić information content (AvgIpc) is 3.17. The molecular weight excluding hydrogens is 386 g/mol. The molecule has 0 saturated carbocycles. The Morgan fingerprint density at radius 3 is 2.68 bits per heavy atom. The second-order valence-electron chi connectivity index (χ2n) is 8.15. The van der Waals surface area contributed by atoms with Crippen LogP contribution < -0.4 is 5.32 Å². The molecule has 1 amide bonds. The van der Waals surface area contributed by atoms with Crippen LogP contribution in [0.4, 0.5) is 0 Å². The Hall–Kier alpha value is -3.38. The molecule has 0 aliphatic carbocycles. The number of carbonyl (C=O) groups excluding carboxylic acids is 1. The van der Waals surface area contributed by atoms with Gasteiger partial charge in [-0.25, -0.2) is 0 Å². The molecule has 0 radical (unpaired) electrons. The fraction of sp³-hybridized carbons (Fsp3) is 0.280. The molecule has 3 heterocycles. The Labute approximate surface area is 183 Å². The lowest BCUT2D eigenvalue weighted by Gasteiger charge is -2.23. The predicted molar refractivity (Wildman–Crippen MR) is 122 cm³/mol. The van der Waals surface area contributed by atoms with Crippen molar-refractivity contribution in [1.29, 1.82) is 0 Å². The first kappa shape index (κ1) is 20.9. The van der Waals surface area contributed by atoms with Crippen molar-refractivity contribution in [2.24, 2.45) is 4.99 Å². The molecule has 1 aliphatic rings. The van der Waals surface area contributed by atoms with E-state index in [1.165, 1.54) is 0 Å². The van der Waals surface area contributed by atoms with Crippen LogP contribution in [0, 0.1) is 6.92 Å². The molecule has 158 valence electrons. The molecule has 6 nitrogen and oxygen atoms in total. The van der Waals surface area contributed by atoms with Gasteiger partial charge >= 0.3 is 0 Å². The number of aliphatic imine (C=N–C) groups is 1. The number of carbonyl (C=O) groups is 1. The van der Waals surface area contributed by atoms with Crippen LogP contribution in [0.15, 0.2) is 65.9 Å². The van der Waals surface area contributed by atoms with Crippen LogP contribution in [-0.2, 0) is 17.8 Å². The van der Waals surface area contributed by atoms with Crippen LogP contribution >= 0.6 is 0 Å². The van der Waals surface area contributed by atoms with E-state index in [1.807, 2.05) is 75.7 Å². The van der Waals surface area contributed by atoms with Crippen molar-refractivity contribution >= 4 is 11.6 Å². The number of benzene rings is 1. The summed E-state index contributed by atoms with van der Waals surface area (Å²) >= 11 is 0. The highest BCUT2D eigenvalue weighted by Crippen LogP contribution is 2.23. The van der Waals surface area contributed by atoms with Gasteiger partial charge in [0.05, 0.1) is 30.4 Å². The summed E-state index contributed by atoms with van der Waals surface area (Å²) in [6, 6.07) is 16.0. The Morgan fingerprint density at radius 1 is 1.13 bits per heavy atom. The van der Waals surface area contributed by atoms with Gasteiger partial charge in [0.15, 0.2) is 0 Å². The molecule has 0 fully saturated rings. The van der Waals surface area contributed by atoms with Crippen molar-refractivity contribution in [3.8, 4) is 0 Å². The van der Waals surface area contributed by atoms with E-state index in [0.29, 0.717) is 6.54 Å². The van der Waals surface area contributed by atoms with Gasteiger partial charge < -0.3 is 10.2 Å². The van der Waals surface area contributed by atoms with Crippen molar-refractivity contribution < 1.29 is 4.79 Å². The third-order valence-corrected chi connectivity index (χ3v) is 5.31. The smallest absolute Gasteiger partial charge is 0.226 e. The Bertz CT molecular complexity index is 1110. The molecule has 0 unspecified atom stereocenters. The normalized spacial score (nSPS) is 13.6. The topological polar surface area (TPSA) is 70.5 Å². The van der Waals surface area contributed by atoms with Crippen molar-refractivity contribution in [3.05, 3.63) is 94.6 Å². The second kappa shape index (κ2) is 9.18. The van der Waals surface area contributed by atoms with Crippen molar-refractivity contribution in [1.82, 2.24) is 20.2 Å². The zero-order valence-corrected chi connectivity index (χ0v) is 18.2. The summed E-state index contributed by atoms with van der Waals surface area (Å²) in [6.07, 6.45) is 3.88. The number of hydrogen-bond donors (Lipinski definition) is 1. The van der Waals surface area contributed by atoms with E-state index in [9.17, 15) is 4.79 Å². The van der Waals surface area contributed by atoms with Gasteiger partial charge in [0.1, 0.15) is 0 Å². The molecule has 4 rings (SSSR count). The molecule has 1 atom stereocenters. The summed E-state index contributed by atoms with van der Waals surface area (Å²) < 4.78 is 0. The lowest BCUT2D eigenvalue weighted by atomic mass is 10.0. The number of aryl methyl sites for hydroxylation is 1. The molecular formula is C25H27N5O. The molecule has 1 aliphatic heterocycles. The summed E-state index contributed by atoms with van der Waals surface area (Å²) in [5.74, 6) is -0.0351. The fourth-order valence-electron chi connectivity index (χ4n) is 3.87. The fourth-order valence-corrected chi connectivity index (χ4v) is 3.87. The zero-order valence-electron chi connectivity index (χ0n) is 18.2. The van der Waals surface area contributed by atoms with Crippen LogP contribution in [-0.4, -0.2) is 47.1 Å². The third kappa shape index (κ3) is 5.03. The SMILES string of the molecule is Cc1cc(C2=NCc3cc(CC(=O)N[C@@H](CN(C)C)c4ccccc4)ncc32)ccn1. The van der Waals surface area contributed by atoms with Crippen LogP contribution in [0.1, 0.15) is 39.7 Å². The minimum atomic E-state index is -0.0667. The first-order chi connectivity index (χ1) is 15.0. The maximum Gasteiger partial charge on any atom is 0.226 e. The third-order valence-electron chi connectivity index (χ3n) is 5.31. The Kier molecular flexibility index (Phi) is 6.18. The van der Waals surface area contributed by atoms with Gasteiger partial charge in [0, 0.05) is 35.8 Å². The monoisotopic (exact) mass is 413 g/mol. The van der Waals surface area contributed by atoms with Gasteiger partial charge in [-0.1, -0.05) is 30.3 Å². The number of amides is 1. The van der Waals surface area contributed by atoms with Gasteiger partial charge in [-0.2, -0.15) is 0 Å². The highest BCUT2D eigenvalue weighted by Gasteiger charge is 2.20. The van der Waals surface area contributed by atoms with Gasteiger partial charge in [-0.15, -0.1) is 0 Å². The van der Waals surface area contributed by atoms with Crippen LogP contribution in [0.25, 0.3) is 0 Å². The van der Waals surface area contributed by atoms with Crippen molar-refractivity contribution in [3.63, 3.8) is 0 Å². The molecule has 3 aromatic rings. The number of aromatic nitrogens is 2. The van der Waals surface area contributed by atoms with Crippen LogP contribution in [0.5, 0.6) is 0 Å². The number of nitrogens with one attached hydrogen (secondary N) is 1. The van der Waals surface area contributed by atoms with E-state index < -0.39 is 0 Å². The van der Waals surface area contributed by atoms with E-state index in [0.717, 1.165) is 45.9 Å². The first-order valence-electron chi connectivity index (χ1n) is 10.4. The standard InChI is InChI=1S/C25H27N5O/c1-17-11-19(9-10-26-17)25-22-15-27-21(12-20(22)14-28-25)13-24(31)29-23(16-30(2)3)18-7-5-4-6-8-18/h4-12,15,23H,13-14,16H2,1-3H3,(H,29,31)/t23-/m0/s1. The molecule has 2 aromatic heterocycles. The Balaban J connectivity index is 1.46. The highest BCUT2D eigenvalue weighted by atomic mass is 16.1. The Morgan fingerprint density at radius 2 is 1.94 bits per heavy atom. The maximum atomic E-state index is 12.8. The summed E-state index contributed by atoms with van der Waals surface area (Å²) in [7, 11) is 4.01. The number of hydrogen-bond acceptors (Lipinski definition) is 5. The maximum absolute atomic E-state index is 12.8. The van der Waals surface area contributed by atoms with E-state index in [2.05, 4.69) is 20.2 Å². The van der Waals surface area contributed by atoms with E-state index in [4.69, 9.17) is 4.99 Å².